The zero-order valence-electron chi connectivity index (χ0n) is 26.9. The van der Waals surface area contributed by atoms with Crippen LogP contribution in [0.4, 0.5) is 4.39 Å². The first kappa shape index (κ1) is 33.3. The highest BCUT2D eigenvalue weighted by Gasteiger charge is 2.46. The molecule has 2 fully saturated rings. The number of piperidine rings is 2. The maximum absolute atomic E-state index is 14.3. The van der Waals surface area contributed by atoms with Crippen molar-refractivity contribution in [1.82, 2.24) is 20.4 Å². The minimum absolute atomic E-state index is 0.0461. The van der Waals surface area contributed by atoms with Crippen LogP contribution < -0.4 is 10.6 Å². The number of benzene rings is 2. The van der Waals surface area contributed by atoms with Gasteiger partial charge in [0, 0.05) is 12.8 Å². The topological polar surface area (TPSA) is 167 Å². The van der Waals surface area contributed by atoms with Crippen LogP contribution in [0.25, 0.3) is 0 Å². The second-order valence-electron chi connectivity index (χ2n) is 14.0. The number of carbonyl (C=O) groups excluding carboxylic acids is 8. The lowest BCUT2D eigenvalue weighted by Crippen LogP contribution is -2.54. The van der Waals surface area contributed by atoms with Crippen molar-refractivity contribution in [2.45, 2.75) is 90.1 Å². The summed E-state index contributed by atoms with van der Waals surface area (Å²) in [6.45, 7) is 11.5. The highest BCUT2D eigenvalue weighted by Crippen LogP contribution is 2.34. The molecular weight excluding hydrogens is 611 g/mol. The van der Waals surface area contributed by atoms with Gasteiger partial charge in [0.25, 0.3) is 23.6 Å². The van der Waals surface area contributed by atoms with E-state index in [1.165, 1.54) is 6.07 Å². The van der Waals surface area contributed by atoms with Crippen LogP contribution in [0, 0.1) is 5.82 Å². The third kappa shape index (κ3) is 5.97. The van der Waals surface area contributed by atoms with Crippen LogP contribution in [0.5, 0.6) is 0 Å². The average Bonchev–Trinajstić information content (AvgIpc) is 3.35. The smallest absolute Gasteiger partial charge is 0.262 e. The van der Waals surface area contributed by atoms with Crippen molar-refractivity contribution >= 4 is 47.3 Å². The molecule has 4 heterocycles. The van der Waals surface area contributed by atoms with Crippen molar-refractivity contribution in [3.63, 3.8) is 0 Å². The van der Waals surface area contributed by atoms with Crippen molar-refractivity contribution in [1.29, 1.82) is 0 Å². The third-order valence-electron chi connectivity index (χ3n) is 8.64. The third-order valence-corrected chi connectivity index (χ3v) is 8.64. The van der Waals surface area contributed by atoms with E-state index in [0.717, 1.165) is 21.4 Å². The molecule has 4 aliphatic heterocycles. The van der Waals surface area contributed by atoms with E-state index >= 15 is 0 Å². The molecule has 2 aromatic rings. The van der Waals surface area contributed by atoms with Crippen LogP contribution >= 0.6 is 0 Å². The Morgan fingerprint density at radius 2 is 1.02 bits per heavy atom. The normalized spacial score (nSPS) is 21.3. The molecule has 2 saturated heterocycles. The van der Waals surface area contributed by atoms with Gasteiger partial charge in [0.1, 0.15) is 17.9 Å². The van der Waals surface area contributed by atoms with E-state index < -0.39 is 64.7 Å². The zero-order valence-corrected chi connectivity index (χ0v) is 26.9. The van der Waals surface area contributed by atoms with Crippen molar-refractivity contribution in [3.8, 4) is 0 Å². The lowest BCUT2D eigenvalue weighted by Gasteiger charge is -2.27. The molecule has 8 amide bonds. The molecule has 2 N–H and O–H groups in total. The Kier molecular flexibility index (Phi) is 8.23. The predicted octanol–water partition coefficient (Wildman–Crippen LogP) is 2.91. The molecule has 12 nitrogen and oxygen atoms in total. The van der Waals surface area contributed by atoms with Crippen molar-refractivity contribution in [3.05, 3.63) is 69.5 Å². The van der Waals surface area contributed by atoms with Gasteiger partial charge >= 0.3 is 0 Å². The number of carbonyl (C=O) groups is 8. The summed E-state index contributed by atoms with van der Waals surface area (Å²) in [7, 11) is 0. The molecule has 13 heteroatoms. The van der Waals surface area contributed by atoms with Crippen LogP contribution in [0.2, 0.25) is 0 Å². The number of hydrogen-bond acceptors (Lipinski definition) is 8. The van der Waals surface area contributed by atoms with Crippen LogP contribution in [-0.4, -0.2) is 69.1 Å². The molecule has 0 spiro atoms. The van der Waals surface area contributed by atoms with Crippen molar-refractivity contribution in [2.24, 2.45) is 0 Å². The van der Waals surface area contributed by atoms with Gasteiger partial charge in [-0.05, 0) is 59.1 Å². The Morgan fingerprint density at radius 3 is 1.45 bits per heavy atom. The number of nitrogens with one attached hydrogen (secondary N) is 2. The molecular formula is C34H35FN4O8. The first-order valence-electron chi connectivity index (χ1n) is 15.2. The Hall–Kier alpha value is -5.07. The van der Waals surface area contributed by atoms with Gasteiger partial charge in [-0.2, -0.15) is 0 Å². The van der Waals surface area contributed by atoms with Crippen LogP contribution in [-0.2, 0) is 30.0 Å². The van der Waals surface area contributed by atoms with E-state index in [1.807, 2.05) is 26.8 Å². The Bertz CT molecular complexity index is 1800. The van der Waals surface area contributed by atoms with E-state index in [0.29, 0.717) is 16.7 Å². The maximum atomic E-state index is 14.3. The van der Waals surface area contributed by atoms with E-state index in [2.05, 4.69) is 10.6 Å². The molecule has 0 bridgehead atoms. The molecule has 0 aromatic heterocycles. The Morgan fingerprint density at radius 1 is 0.596 bits per heavy atom. The monoisotopic (exact) mass is 646 g/mol. The molecule has 0 aliphatic carbocycles. The molecule has 2 aromatic carbocycles. The Labute approximate surface area is 270 Å². The summed E-state index contributed by atoms with van der Waals surface area (Å²) < 4.78 is 14.3. The van der Waals surface area contributed by atoms with E-state index in [9.17, 15) is 42.7 Å². The molecule has 246 valence electrons. The first-order valence-corrected chi connectivity index (χ1v) is 15.2. The number of hydrogen-bond donors (Lipinski definition) is 2. The summed E-state index contributed by atoms with van der Waals surface area (Å²) in [5, 5.41) is 4.31. The second kappa shape index (κ2) is 11.6. The highest BCUT2D eigenvalue weighted by atomic mass is 19.1. The van der Waals surface area contributed by atoms with Gasteiger partial charge in [0.2, 0.25) is 23.6 Å². The largest absolute Gasteiger partial charge is 0.295 e. The standard InChI is InChI=1S/C17H17FN2O4.C17H18N2O4/c1-17(2,3)10-6-8-9(7-11(10)18)16(24)20(15(8)23)12-4-5-13(21)19-14(12)22;1-17(2,3)9-4-5-10-11(8-9)16(23)19(15(10)22)12-6-7-13(20)18-14(12)21/h6-7,12H,4-5H2,1-3H3,(H,19,21,22);4-5,8,12H,6-7H2,1-3H3,(H,18,20,21). The average molecular weight is 647 g/mol. The number of halogens is 1. The minimum Gasteiger partial charge on any atom is -0.295 e. The van der Waals surface area contributed by atoms with Gasteiger partial charge in [0.15, 0.2) is 0 Å². The number of imide groups is 4. The van der Waals surface area contributed by atoms with Gasteiger partial charge < -0.3 is 0 Å². The van der Waals surface area contributed by atoms with E-state index in [4.69, 9.17) is 0 Å². The van der Waals surface area contributed by atoms with Gasteiger partial charge in [0.05, 0.1) is 22.3 Å². The summed E-state index contributed by atoms with van der Waals surface area (Å²) in [6.07, 6.45) is 0.412. The van der Waals surface area contributed by atoms with Crippen LogP contribution in [0.15, 0.2) is 30.3 Å². The van der Waals surface area contributed by atoms with Gasteiger partial charge in [-0.3, -0.25) is 58.8 Å². The summed E-state index contributed by atoms with van der Waals surface area (Å²) in [6, 6.07) is 5.68. The fraction of sp³-hybridized carbons (Fsp3) is 0.412. The van der Waals surface area contributed by atoms with Crippen molar-refractivity contribution in [2.75, 3.05) is 0 Å². The number of nitrogens with zero attached hydrogens (tertiary/aromatic N) is 2. The van der Waals surface area contributed by atoms with E-state index in [-0.39, 0.29) is 48.1 Å². The van der Waals surface area contributed by atoms with Gasteiger partial charge in [-0.25, -0.2) is 4.39 Å². The lowest BCUT2D eigenvalue weighted by atomic mass is 9.85. The summed E-state index contributed by atoms with van der Waals surface area (Å²) >= 11 is 0. The number of amides is 8. The fourth-order valence-corrected chi connectivity index (χ4v) is 6.00. The van der Waals surface area contributed by atoms with Gasteiger partial charge in [-0.15, -0.1) is 0 Å². The molecule has 47 heavy (non-hydrogen) atoms. The van der Waals surface area contributed by atoms with Crippen LogP contribution in [0.1, 0.15) is 120 Å². The first-order chi connectivity index (χ1) is 21.8. The molecule has 0 saturated carbocycles. The minimum atomic E-state index is -1.05. The maximum Gasteiger partial charge on any atom is 0.262 e. The summed E-state index contributed by atoms with van der Waals surface area (Å²) in [5.74, 6) is -4.92. The second-order valence-corrected chi connectivity index (χ2v) is 14.0. The van der Waals surface area contributed by atoms with Crippen LogP contribution in [0.3, 0.4) is 0 Å². The summed E-state index contributed by atoms with van der Waals surface area (Å²) in [4.78, 5) is 98.6. The van der Waals surface area contributed by atoms with Gasteiger partial charge in [-0.1, -0.05) is 47.6 Å². The number of fused-ring (bicyclic) bond motifs is 2. The molecule has 2 atom stereocenters. The zero-order chi connectivity index (χ0) is 34.7. The van der Waals surface area contributed by atoms with E-state index in [1.54, 1.807) is 32.9 Å². The lowest BCUT2D eigenvalue weighted by molar-refractivity contribution is -0.137. The quantitative estimate of drug-likeness (QED) is 0.470. The number of rotatable bonds is 2. The molecule has 4 aliphatic rings. The fourth-order valence-electron chi connectivity index (χ4n) is 6.00. The summed E-state index contributed by atoms with van der Waals surface area (Å²) in [5.41, 5.74) is 1.27. The predicted molar refractivity (Wildman–Crippen MR) is 164 cm³/mol. The van der Waals surface area contributed by atoms with Crippen molar-refractivity contribution < 1.29 is 42.7 Å². The molecule has 2 unspecified atom stereocenters. The molecule has 0 radical (unpaired) electrons. The Balaban J connectivity index is 0.000000185. The molecule has 6 rings (SSSR count). The highest BCUT2D eigenvalue weighted by molar-refractivity contribution is 6.24. The SMILES string of the molecule is CC(C)(C)c1cc2c(cc1F)C(=O)N(C1CCC(=O)NC1=O)C2=O.CC(C)(C)c1ccc2c(c1)C(=O)N(C1CCC(=O)NC1=O)C2=O.